The third-order valence-electron chi connectivity index (χ3n) is 7.75. The van der Waals surface area contributed by atoms with Crippen LogP contribution in [0.15, 0.2) is 42.0 Å². The van der Waals surface area contributed by atoms with Gasteiger partial charge in [-0.3, -0.25) is 9.59 Å². The van der Waals surface area contributed by atoms with Crippen LogP contribution in [0, 0.1) is 5.92 Å². The van der Waals surface area contributed by atoms with Crippen LogP contribution in [0.5, 0.6) is 11.5 Å². The second kappa shape index (κ2) is 12.6. The summed E-state index contributed by atoms with van der Waals surface area (Å²) < 4.78 is 17.3. The molecule has 5 atom stereocenters. The summed E-state index contributed by atoms with van der Waals surface area (Å²) in [5.41, 5.74) is 2.08. The highest BCUT2D eigenvalue weighted by molar-refractivity contribution is 6.42. The molecule has 220 valence electrons. The largest absolute Gasteiger partial charge is 0.493 e. The van der Waals surface area contributed by atoms with Crippen LogP contribution in [0.25, 0.3) is 0 Å². The van der Waals surface area contributed by atoms with E-state index in [-0.39, 0.29) is 44.4 Å². The van der Waals surface area contributed by atoms with Crippen molar-refractivity contribution in [1.29, 1.82) is 0 Å². The molecule has 5 unspecified atom stereocenters. The van der Waals surface area contributed by atoms with Crippen molar-refractivity contribution >= 4 is 35.0 Å². The average Bonchev–Trinajstić information content (AvgIpc) is 3.65. The molecule has 0 bridgehead atoms. The smallest absolute Gasteiger partial charge is 0.247 e. The number of carbonyl (C=O) groups excluding carboxylic acids is 2. The van der Waals surface area contributed by atoms with Gasteiger partial charge in [0.25, 0.3) is 0 Å². The maximum Gasteiger partial charge on any atom is 0.247 e. The van der Waals surface area contributed by atoms with E-state index in [1.807, 2.05) is 0 Å². The van der Waals surface area contributed by atoms with Crippen LogP contribution < -0.4 is 14.8 Å². The third kappa shape index (κ3) is 5.77. The monoisotopic (exact) mass is 606 g/mol. The summed E-state index contributed by atoms with van der Waals surface area (Å²) in [5, 5.41) is 34.4. The zero-order valence-corrected chi connectivity index (χ0v) is 23.9. The second-order valence-corrected chi connectivity index (χ2v) is 11.1. The van der Waals surface area contributed by atoms with Crippen molar-refractivity contribution in [2.45, 2.75) is 43.7 Å². The number of ether oxygens (including phenoxy) is 3. The van der Waals surface area contributed by atoms with Crippen molar-refractivity contribution in [2.24, 2.45) is 5.92 Å². The molecule has 2 aromatic carbocycles. The molecule has 1 saturated heterocycles. The van der Waals surface area contributed by atoms with Crippen molar-refractivity contribution in [1.82, 2.24) is 10.2 Å². The number of aliphatic hydroxyl groups is 3. The number of methoxy groups -OCH3 is 1. The molecule has 0 aromatic heterocycles. The number of nitrogens with one attached hydrogen (secondary N) is 1. The van der Waals surface area contributed by atoms with Gasteiger partial charge in [-0.25, -0.2) is 0 Å². The molecule has 2 amide bonds. The van der Waals surface area contributed by atoms with Gasteiger partial charge in [-0.15, -0.1) is 0 Å². The van der Waals surface area contributed by atoms with Crippen molar-refractivity contribution in [3.05, 3.63) is 68.7 Å². The number of aliphatic hydroxyl groups excluding tert-OH is 3. The van der Waals surface area contributed by atoms with Crippen LogP contribution >= 0.6 is 23.2 Å². The van der Waals surface area contributed by atoms with Gasteiger partial charge in [-0.2, -0.15) is 0 Å². The van der Waals surface area contributed by atoms with Gasteiger partial charge in [0.05, 0.1) is 54.9 Å². The Kier molecular flexibility index (Phi) is 9.08. The molecule has 2 aliphatic heterocycles. The summed E-state index contributed by atoms with van der Waals surface area (Å²) >= 11 is 12.4. The van der Waals surface area contributed by atoms with Crippen molar-refractivity contribution in [3.8, 4) is 11.5 Å². The molecule has 10 nitrogen and oxygen atoms in total. The highest BCUT2D eigenvalue weighted by Crippen LogP contribution is 2.51. The minimum atomic E-state index is -1.24. The quantitative estimate of drug-likeness (QED) is 0.341. The van der Waals surface area contributed by atoms with Crippen LogP contribution in [0.3, 0.4) is 0 Å². The molecule has 1 aliphatic carbocycles. The van der Waals surface area contributed by atoms with Gasteiger partial charge >= 0.3 is 0 Å². The number of carbonyl (C=O) groups is 2. The summed E-state index contributed by atoms with van der Waals surface area (Å²) in [6.07, 6.45) is -0.0532. The molecule has 3 aliphatic rings. The number of rotatable bonds is 9. The molecule has 41 heavy (non-hydrogen) atoms. The van der Waals surface area contributed by atoms with E-state index in [1.165, 1.54) is 12.0 Å². The van der Waals surface area contributed by atoms with Gasteiger partial charge in [-0.1, -0.05) is 29.3 Å². The van der Waals surface area contributed by atoms with Crippen LogP contribution in [0.4, 0.5) is 0 Å². The second-order valence-electron chi connectivity index (χ2n) is 10.3. The zero-order valence-electron chi connectivity index (χ0n) is 22.4. The number of amides is 2. The standard InChI is InChI=1S/C29H32Cl2N2O8/c1-39-23-10-16(13-35)8-18-24-19(28(37)32-5-6-34)11-22(25(36)27(24)41-26(18)23)33(29(38)17-4-7-40-14-17)12-15-2-3-20(30)21(31)9-15/h2-3,8-11,17,22,24-25,27,34-36H,4-7,12-14H2,1H3,(H,32,37). The van der Waals surface area contributed by atoms with Gasteiger partial charge in [0.2, 0.25) is 11.8 Å². The Bertz CT molecular complexity index is 1350. The fraction of sp³-hybridized carbons (Fsp3) is 0.448. The first-order chi connectivity index (χ1) is 19.8. The van der Waals surface area contributed by atoms with E-state index in [9.17, 15) is 24.9 Å². The molecule has 4 N–H and O–H groups in total. The average molecular weight is 607 g/mol. The van der Waals surface area contributed by atoms with E-state index in [0.717, 1.165) is 0 Å². The van der Waals surface area contributed by atoms with E-state index < -0.39 is 36.0 Å². The first-order valence-electron chi connectivity index (χ1n) is 13.4. The maximum absolute atomic E-state index is 13.9. The number of nitrogens with zero attached hydrogens (tertiary/aromatic N) is 1. The molecule has 5 rings (SSSR count). The van der Waals surface area contributed by atoms with Crippen molar-refractivity contribution < 1.29 is 39.1 Å². The van der Waals surface area contributed by atoms with Gasteiger partial charge in [-0.05, 0) is 47.9 Å². The normalized spacial score (nSPS) is 24.6. The van der Waals surface area contributed by atoms with Gasteiger partial charge in [0.15, 0.2) is 11.5 Å². The Morgan fingerprint density at radius 1 is 1.15 bits per heavy atom. The first-order valence-corrected chi connectivity index (χ1v) is 14.1. The summed E-state index contributed by atoms with van der Waals surface area (Å²) in [5.74, 6) is -1.14. The van der Waals surface area contributed by atoms with Gasteiger partial charge in [0.1, 0.15) is 12.2 Å². The number of benzene rings is 2. The van der Waals surface area contributed by atoms with E-state index in [0.29, 0.717) is 51.3 Å². The summed E-state index contributed by atoms with van der Waals surface area (Å²) in [7, 11) is 1.47. The third-order valence-corrected chi connectivity index (χ3v) is 8.49. The lowest BCUT2D eigenvalue weighted by Crippen LogP contribution is -2.56. The Hall–Kier alpha value is -2.86. The summed E-state index contributed by atoms with van der Waals surface area (Å²) in [4.78, 5) is 28.9. The molecule has 0 radical (unpaired) electrons. The molecule has 0 saturated carbocycles. The van der Waals surface area contributed by atoms with Crippen LogP contribution in [-0.2, 0) is 27.5 Å². The molecular formula is C29H32Cl2N2O8. The molecule has 0 spiro atoms. The lowest BCUT2D eigenvalue weighted by atomic mass is 9.77. The number of fused-ring (bicyclic) bond motifs is 3. The molecular weight excluding hydrogens is 575 g/mol. The number of hydrogen-bond donors (Lipinski definition) is 4. The molecule has 2 heterocycles. The Labute approximate surface area is 247 Å². The van der Waals surface area contributed by atoms with E-state index in [2.05, 4.69) is 5.32 Å². The molecule has 12 heteroatoms. The van der Waals surface area contributed by atoms with Crippen molar-refractivity contribution in [2.75, 3.05) is 33.5 Å². The summed E-state index contributed by atoms with van der Waals surface area (Å²) in [6, 6.07) is 7.45. The zero-order chi connectivity index (χ0) is 29.3. The van der Waals surface area contributed by atoms with Crippen molar-refractivity contribution in [3.63, 3.8) is 0 Å². The Morgan fingerprint density at radius 3 is 2.61 bits per heavy atom. The van der Waals surface area contributed by atoms with E-state index >= 15 is 0 Å². The van der Waals surface area contributed by atoms with Crippen LogP contribution in [-0.4, -0.2) is 83.8 Å². The maximum atomic E-state index is 13.9. The first kappa shape index (κ1) is 29.6. The van der Waals surface area contributed by atoms with Gasteiger partial charge < -0.3 is 39.7 Å². The van der Waals surface area contributed by atoms with E-state index in [4.69, 9.17) is 37.4 Å². The topological polar surface area (TPSA) is 138 Å². The molecule has 1 fully saturated rings. The minimum Gasteiger partial charge on any atom is -0.493 e. The Balaban J connectivity index is 1.60. The summed E-state index contributed by atoms with van der Waals surface area (Å²) in [6.45, 7) is 0.265. The van der Waals surface area contributed by atoms with Crippen LogP contribution in [0.1, 0.15) is 29.0 Å². The lowest BCUT2D eigenvalue weighted by Gasteiger charge is -2.41. The highest BCUT2D eigenvalue weighted by Gasteiger charge is 2.52. The predicted octanol–water partition coefficient (Wildman–Crippen LogP) is 2.18. The van der Waals surface area contributed by atoms with Crippen LogP contribution in [0.2, 0.25) is 10.0 Å². The van der Waals surface area contributed by atoms with E-state index in [1.54, 1.807) is 36.4 Å². The fourth-order valence-electron chi connectivity index (χ4n) is 5.75. The van der Waals surface area contributed by atoms with Gasteiger partial charge in [0, 0.05) is 30.8 Å². The number of hydrogen-bond acceptors (Lipinski definition) is 8. The Morgan fingerprint density at radius 2 is 1.95 bits per heavy atom. The molecule has 2 aromatic rings. The fourth-order valence-corrected chi connectivity index (χ4v) is 6.07. The number of halogens is 2. The lowest BCUT2D eigenvalue weighted by molar-refractivity contribution is -0.142. The predicted molar refractivity (Wildman–Crippen MR) is 150 cm³/mol. The highest BCUT2D eigenvalue weighted by atomic mass is 35.5. The minimum absolute atomic E-state index is 0.0137. The SMILES string of the molecule is COc1cc(CO)cc2c1OC1C2C(C(=O)NCCO)=CC(N(Cc2ccc(Cl)c(Cl)c2)C(=O)C2CCOC2)C1O.